The first kappa shape index (κ1) is 28.9. The molecule has 3 aromatic carbocycles. The van der Waals surface area contributed by atoms with Crippen LogP contribution in [0.3, 0.4) is 0 Å². The van der Waals surface area contributed by atoms with Crippen molar-refractivity contribution in [2.75, 3.05) is 51.3 Å². The van der Waals surface area contributed by atoms with Crippen LogP contribution < -0.4 is 14.4 Å². The maximum atomic E-state index is 13.1. The third-order valence-electron chi connectivity index (χ3n) is 7.31. The molecule has 2 amide bonds. The second-order valence-electron chi connectivity index (χ2n) is 10.5. The molecule has 5 rings (SSSR count). The summed E-state index contributed by atoms with van der Waals surface area (Å²) in [4.78, 5) is 32.3. The number of anilines is 1. The van der Waals surface area contributed by atoms with Gasteiger partial charge in [-0.15, -0.1) is 0 Å². The standard InChI is InChI=1S/C33H37N3O4S/c1-25-6-12-29(13-7-25)40-30-14-8-26(9-15-30)24-31-32(37)36(33(38)41-31)27-10-16-28(17-11-27)39-23-5-3-4-18-35-21-19-34(2)20-22-35/h6-17,24H,3-5,18-23H2,1-2H3. The van der Waals surface area contributed by atoms with E-state index in [-0.39, 0.29) is 11.1 Å². The van der Waals surface area contributed by atoms with Crippen LogP contribution >= 0.6 is 11.8 Å². The number of unbranched alkanes of at least 4 members (excludes halogenated alkanes) is 2. The van der Waals surface area contributed by atoms with E-state index >= 15 is 0 Å². The van der Waals surface area contributed by atoms with Crippen LogP contribution in [0.5, 0.6) is 17.2 Å². The molecule has 0 bridgehead atoms. The molecule has 2 fully saturated rings. The third-order valence-corrected chi connectivity index (χ3v) is 8.18. The second kappa shape index (κ2) is 13.9. The second-order valence-corrected chi connectivity index (χ2v) is 11.5. The minimum absolute atomic E-state index is 0.311. The summed E-state index contributed by atoms with van der Waals surface area (Å²) in [7, 11) is 2.18. The molecule has 0 unspecified atom stereocenters. The lowest BCUT2D eigenvalue weighted by atomic mass is 10.2. The monoisotopic (exact) mass is 571 g/mol. The van der Waals surface area contributed by atoms with Gasteiger partial charge in [0.05, 0.1) is 17.2 Å². The van der Waals surface area contributed by atoms with Gasteiger partial charge in [0.1, 0.15) is 17.2 Å². The van der Waals surface area contributed by atoms with Gasteiger partial charge in [0.25, 0.3) is 11.1 Å². The van der Waals surface area contributed by atoms with Crippen molar-refractivity contribution in [3.05, 3.63) is 88.8 Å². The summed E-state index contributed by atoms with van der Waals surface area (Å²) in [5.41, 5.74) is 2.53. The summed E-state index contributed by atoms with van der Waals surface area (Å²) < 4.78 is 11.8. The SMILES string of the molecule is Cc1ccc(Oc2ccc(C=C3SC(=O)N(c4ccc(OCCCCCN5CCN(C)CC5)cc4)C3=O)cc2)cc1. The summed E-state index contributed by atoms with van der Waals surface area (Å²) in [6, 6.07) is 22.5. The van der Waals surface area contributed by atoms with Crippen molar-refractivity contribution in [2.45, 2.75) is 26.2 Å². The van der Waals surface area contributed by atoms with Crippen LogP contribution in [-0.4, -0.2) is 67.3 Å². The van der Waals surface area contributed by atoms with Gasteiger partial charge in [0, 0.05) is 26.2 Å². The van der Waals surface area contributed by atoms with Crippen molar-refractivity contribution in [3.8, 4) is 17.2 Å². The molecule has 0 atom stereocenters. The van der Waals surface area contributed by atoms with Crippen LogP contribution in [0, 0.1) is 6.92 Å². The quantitative estimate of drug-likeness (QED) is 0.185. The summed E-state index contributed by atoms with van der Waals surface area (Å²) in [6.07, 6.45) is 5.06. The lowest BCUT2D eigenvalue weighted by Crippen LogP contribution is -2.44. The van der Waals surface area contributed by atoms with Gasteiger partial charge in [-0.3, -0.25) is 9.59 Å². The summed E-state index contributed by atoms with van der Waals surface area (Å²) in [6.45, 7) is 8.47. The number of hydrogen-bond acceptors (Lipinski definition) is 7. The van der Waals surface area contributed by atoms with Gasteiger partial charge in [-0.25, -0.2) is 4.90 Å². The lowest BCUT2D eigenvalue weighted by molar-refractivity contribution is -0.113. The topological polar surface area (TPSA) is 62.3 Å². The highest BCUT2D eigenvalue weighted by molar-refractivity contribution is 8.19. The molecule has 8 heteroatoms. The van der Waals surface area contributed by atoms with E-state index in [1.54, 1.807) is 18.2 Å². The zero-order valence-electron chi connectivity index (χ0n) is 23.8. The van der Waals surface area contributed by atoms with Crippen LogP contribution in [0.2, 0.25) is 0 Å². The van der Waals surface area contributed by atoms with Crippen molar-refractivity contribution >= 4 is 34.7 Å². The van der Waals surface area contributed by atoms with Gasteiger partial charge < -0.3 is 19.3 Å². The van der Waals surface area contributed by atoms with E-state index in [9.17, 15) is 9.59 Å². The normalized spacial score (nSPS) is 17.4. The molecule has 0 aromatic heterocycles. The van der Waals surface area contributed by atoms with E-state index in [4.69, 9.17) is 9.47 Å². The molecule has 0 radical (unpaired) electrons. The van der Waals surface area contributed by atoms with Crippen LogP contribution in [0.25, 0.3) is 6.08 Å². The molecule has 214 valence electrons. The van der Waals surface area contributed by atoms with Crippen LogP contribution in [0.1, 0.15) is 30.4 Å². The van der Waals surface area contributed by atoms with E-state index in [2.05, 4.69) is 16.8 Å². The highest BCUT2D eigenvalue weighted by Crippen LogP contribution is 2.36. The maximum absolute atomic E-state index is 13.1. The highest BCUT2D eigenvalue weighted by atomic mass is 32.2. The summed E-state index contributed by atoms with van der Waals surface area (Å²) >= 11 is 0.946. The average molecular weight is 572 g/mol. The van der Waals surface area contributed by atoms with Crippen molar-refractivity contribution < 1.29 is 19.1 Å². The number of carbonyl (C=O) groups excluding carboxylic acids is 2. The molecule has 0 spiro atoms. The molecule has 41 heavy (non-hydrogen) atoms. The Hall–Kier alpha value is -3.59. The van der Waals surface area contributed by atoms with Gasteiger partial charge in [-0.05, 0) is 112 Å². The van der Waals surface area contributed by atoms with Crippen LogP contribution in [0.15, 0.2) is 77.7 Å². The van der Waals surface area contributed by atoms with Gasteiger partial charge >= 0.3 is 0 Å². The molecular formula is C33H37N3O4S. The minimum Gasteiger partial charge on any atom is -0.494 e. The van der Waals surface area contributed by atoms with E-state index in [0.29, 0.717) is 22.9 Å². The van der Waals surface area contributed by atoms with E-state index < -0.39 is 0 Å². The Morgan fingerprint density at radius 3 is 2.10 bits per heavy atom. The number of carbonyl (C=O) groups is 2. The fourth-order valence-corrected chi connectivity index (χ4v) is 5.62. The Balaban J connectivity index is 1.09. The lowest BCUT2D eigenvalue weighted by Gasteiger charge is -2.32. The zero-order valence-corrected chi connectivity index (χ0v) is 24.6. The molecule has 2 aliphatic rings. The fourth-order valence-electron chi connectivity index (χ4n) is 4.78. The number of thioether (sulfide) groups is 1. The molecule has 0 N–H and O–H groups in total. The van der Waals surface area contributed by atoms with Crippen molar-refractivity contribution in [3.63, 3.8) is 0 Å². The zero-order chi connectivity index (χ0) is 28.6. The van der Waals surface area contributed by atoms with Crippen molar-refractivity contribution in [1.29, 1.82) is 0 Å². The Bertz CT molecular complexity index is 1350. The number of rotatable bonds is 11. The average Bonchev–Trinajstić information content (AvgIpc) is 3.26. The van der Waals surface area contributed by atoms with Gasteiger partial charge in [0.2, 0.25) is 0 Å². The largest absolute Gasteiger partial charge is 0.494 e. The molecule has 2 aliphatic heterocycles. The predicted molar refractivity (Wildman–Crippen MR) is 166 cm³/mol. The van der Waals surface area contributed by atoms with E-state index in [1.807, 2.05) is 67.6 Å². The van der Waals surface area contributed by atoms with Gasteiger partial charge in [-0.1, -0.05) is 29.8 Å². The molecule has 2 saturated heterocycles. The minimum atomic E-state index is -0.325. The number of hydrogen-bond donors (Lipinski definition) is 0. The number of piperazine rings is 1. The summed E-state index contributed by atoms with van der Waals surface area (Å²) in [5.74, 6) is 1.88. The smallest absolute Gasteiger partial charge is 0.298 e. The Morgan fingerprint density at radius 1 is 0.780 bits per heavy atom. The summed E-state index contributed by atoms with van der Waals surface area (Å²) in [5, 5.41) is -0.311. The Morgan fingerprint density at radius 2 is 1.41 bits per heavy atom. The number of benzene rings is 3. The van der Waals surface area contributed by atoms with Crippen LogP contribution in [0.4, 0.5) is 10.5 Å². The third kappa shape index (κ3) is 8.00. The van der Waals surface area contributed by atoms with Crippen molar-refractivity contribution in [1.82, 2.24) is 9.80 Å². The molecule has 0 aliphatic carbocycles. The van der Waals surface area contributed by atoms with E-state index in [0.717, 1.165) is 74.4 Å². The Kier molecular flexibility index (Phi) is 9.77. The first-order valence-corrected chi connectivity index (χ1v) is 15.0. The van der Waals surface area contributed by atoms with Crippen molar-refractivity contribution in [2.24, 2.45) is 0 Å². The van der Waals surface area contributed by atoms with Gasteiger partial charge in [-0.2, -0.15) is 0 Å². The maximum Gasteiger partial charge on any atom is 0.298 e. The first-order chi connectivity index (χ1) is 19.9. The predicted octanol–water partition coefficient (Wildman–Crippen LogP) is 6.82. The molecule has 3 aromatic rings. The highest BCUT2D eigenvalue weighted by Gasteiger charge is 2.36. The number of likely N-dealkylation sites (N-methyl/N-ethyl adjacent to an activating group) is 1. The number of imide groups is 1. The first-order valence-electron chi connectivity index (χ1n) is 14.2. The molecule has 2 heterocycles. The number of ether oxygens (including phenoxy) is 2. The molecule has 7 nitrogen and oxygen atoms in total. The fraction of sp³-hybridized carbons (Fsp3) is 0.333. The molecule has 0 saturated carbocycles. The number of aryl methyl sites for hydroxylation is 1. The van der Waals surface area contributed by atoms with E-state index in [1.165, 1.54) is 16.9 Å². The molecular weight excluding hydrogens is 534 g/mol. The van der Waals surface area contributed by atoms with Crippen LogP contribution in [-0.2, 0) is 4.79 Å². The number of nitrogens with zero attached hydrogens (tertiary/aromatic N) is 3. The number of amides is 2. The Labute approximate surface area is 246 Å². The van der Waals surface area contributed by atoms with Gasteiger partial charge in [0.15, 0.2) is 0 Å².